The van der Waals surface area contributed by atoms with Crippen molar-refractivity contribution < 1.29 is 17.9 Å². The van der Waals surface area contributed by atoms with Crippen LogP contribution in [0.2, 0.25) is 10.2 Å². The first-order valence-corrected chi connectivity index (χ1v) is 4.10. The number of hydrogen-bond donors (Lipinski definition) is 0. The molecular weight excluding hydrogens is 256 g/mol. The third-order valence-electron chi connectivity index (χ3n) is 1.27. The Balaban J connectivity index is 3.28. The number of nitriles is 1. The molecule has 0 atom stereocenters. The van der Waals surface area contributed by atoms with Gasteiger partial charge >= 0.3 is 6.36 Å². The van der Waals surface area contributed by atoms with Gasteiger partial charge in [0.15, 0.2) is 10.9 Å². The van der Waals surface area contributed by atoms with Crippen molar-refractivity contribution in [3.8, 4) is 11.8 Å². The average Bonchev–Trinajstić information content (AvgIpc) is 2.10. The summed E-state index contributed by atoms with van der Waals surface area (Å²) in [6.45, 7) is 0. The van der Waals surface area contributed by atoms with E-state index in [2.05, 4.69) is 9.72 Å². The Hall–Kier alpha value is -1.19. The molecule has 15 heavy (non-hydrogen) atoms. The number of hydrogen-bond acceptors (Lipinski definition) is 3. The summed E-state index contributed by atoms with van der Waals surface area (Å²) in [5, 5.41) is 7.71. The second-order valence-electron chi connectivity index (χ2n) is 2.26. The third-order valence-corrected chi connectivity index (χ3v) is 1.83. The van der Waals surface area contributed by atoms with Gasteiger partial charge in [0.25, 0.3) is 0 Å². The summed E-state index contributed by atoms with van der Waals surface area (Å²) in [5.74, 6) is -0.890. The maximum absolute atomic E-state index is 11.9. The Kier molecular flexibility index (Phi) is 3.27. The maximum Gasteiger partial charge on any atom is 0.573 e. The second-order valence-corrected chi connectivity index (χ2v) is 3.03. The molecule has 0 bridgehead atoms. The first kappa shape index (κ1) is 11.9. The van der Waals surface area contributed by atoms with E-state index in [4.69, 9.17) is 28.5 Å². The topological polar surface area (TPSA) is 45.9 Å². The molecule has 0 amide bonds. The van der Waals surface area contributed by atoms with Gasteiger partial charge in [0.1, 0.15) is 11.6 Å². The number of ether oxygens (including phenoxy) is 1. The van der Waals surface area contributed by atoms with E-state index in [-0.39, 0.29) is 5.02 Å². The zero-order chi connectivity index (χ0) is 11.6. The fourth-order valence-electron chi connectivity index (χ4n) is 0.761. The van der Waals surface area contributed by atoms with E-state index in [1.165, 1.54) is 6.07 Å². The maximum atomic E-state index is 11.9. The largest absolute Gasteiger partial charge is 0.573 e. The summed E-state index contributed by atoms with van der Waals surface area (Å²) in [4.78, 5) is 3.33. The highest BCUT2D eigenvalue weighted by molar-refractivity contribution is 6.34. The van der Waals surface area contributed by atoms with Crippen LogP contribution < -0.4 is 4.74 Å². The third kappa shape index (κ3) is 2.88. The smallest absolute Gasteiger partial charge is 0.401 e. The van der Waals surface area contributed by atoms with Crippen LogP contribution in [0.15, 0.2) is 6.20 Å². The Morgan fingerprint density at radius 1 is 1.40 bits per heavy atom. The molecule has 0 radical (unpaired) electrons. The van der Waals surface area contributed by atoms with Crippen molar-refractivity contribution in [3.63, 3.8) is 0 Å². The molecule has 0 aromatic carbocycles. The minimum atomic E-state index is -4.96. The lowest BCUT2D eigenvalue weighted by molar-refractivity contribution is -0.274. The molecule has 0 saturated heterocycles. The summed E-state index contributed by atoms with van der Waals surface area (Å²) in [5.41, 5.74) is -0.506. The summed E-state index contributed by atoms with van der Waals surface area (Å²) < 4.78 is 39.3. The normalized spacial score (nSPS) is 10.9. The quantitative estimate of drug-likeness (QED) is 0.726. The van der Waals surface area contributed by atoms with Gasteiger partial charge in [-0.3, -0.25) is 0 Å². The summed E-state index contributed by atoms with van der Waals surface area (Å²) >= 11 is 10.8. The molecule has 1 aromatic rings. The Morgan fingerprint density at radius 3 is 2.47 bits per heavy atom. The van der Waals surface area contributed by atoms with E-state index in [9.17, 15) is 13.2 Å². The van der Waals surface area contributed by atoms with Crippen molar-refractivity contribution in [1.82, 2.24) is 4.98 Å². The van der Waals surface area contributed by atoms with E-state index in [1.807, 2.05) is 0 Å². The van der Waals surface area contributed by atoms with Crippen LogP contribution in [0.3, 0.4) is 0 Å². The van der Waals surface area contributed by atoms with Gasteiger partial charge in [-0.25, -0.2) is 4.98 Å². The number of aromatic nitrogens is 1. The van der Waals surface area contributed by atoms with Crippen molar-refractivity contribution >= 4 is 23.2 Å². The fourth-order valence-corrected chi connectivity index (χ4v) is 1.12. The van der Waals surface area contributed by atoms with Crippen LogP contribution in [-0.4, -0.2) is 11.3 Å². The molecule has 1 heterocycles. The summed E-state index contributed by atoms with van der Waals surface area (Å²) in [7, 11) is 0. The highest BCUT2D eigenvalue weighted by atomic mass is 35.5. The predicted octanol–water partition coefficient (Wildman–Crippen LogP) is 3.16. The highest BCUT2D eigenvalue weighted by Crippen LogP contribution is 2.35. The molecule has 0 aliphatic rings. The van der Waals surface area contributed by atoms with E-state index in [0.717, 1.165) is 6.20 Å². The van der Waals surface area contributed by atoms with Crippen molar-refractivity contribution in [3.05, 3.63) is 21.9 Å². The zero-order valence-electron chi connectivity index (χ0n) is 6.77. The van der Waals surface area contributed by atoms with Crippen molar-refractivity contribution in [2.75, 3.05) is 0 Å². The van der Waals surface area contributed by atoms with Crippen LogP contribution in [0, 0.1) is 11.3 Å². The van der Waals surface area contributed by atoms with Crippen molar-refractivity contribution in [1.29, 1.82) is 5.26 Å². The SMILES string of the molecule is N#Cc1c(Cl)cnc(Cl)c1OC(F)(F)F. The lowest BCUT2D eigenvalue weighted by Crippen LogP contribution is -2.18. The van der Waals surface area contributed by atoms with Crippen LogP contribution in [0.5, 0.6) is 5.75 Å². The van der Waals surface area contributed by atoms with Gasteiger partial charge in [-0.05, 0) is 0 Å². The van der Waals surface area contributed by atoms with Crippen LogP contribution in [0.25, 0.3) is 0 Å². The molecule has 0 spiro atoms. The Bertz CT molecular complexity index is 427. The van der Waals surface area contributed by atoms with Gasteiger partial charge in [-0.15, -0.1) is 13.2 Å². The van der Waals surface area contributed by atoms with Crippen LogP contribution in [0.1, 0.15) is 5.56 Å². The van der Waals surface area contributed by atoms with E-state index in [1.54, 1.807) is 0 Å². The molecule has 80 valence electrons. The molecule has 0 aliphatic carbocycles. The van der Waals surface area contributed by atoms with Crippen molar-refractivity contribution in [2.45, 2.75) is 6.36 Å². The number of pyridine rings is 1. The zero-order valence-corrected chi connectivity index (χ0v) is 8.28. The molecule has 0 N–H and O–H groups in total. The van der Waals surface area contributed by atoms with Crippen LogP contribution in [-0.2, 0) is 0 Å². The second kappa shape index (κ2) is 4.13. The summed E-state index contributed by atoms with van der Waals surface area (Å²) in [6.07, 6.45) is -3.99. The molecule has 1 aromatic heterocycles. The fraction of sp³-hybridized carbons (Fsp3) is 0.143. The highest BCUT2D eigenvalue weighted by Gasteiger charge is 2.34. The van der Waals surface area contributed by atoms with Gasteiger partial charge in [-0.1, -0.05) is 23.2 Å². The average molecular weight is 257 g/mol. The molecule has 8 heteroatoms. The number of nitrogens with zero attached hydrogens (tertiary/aromatic N) is 2. The molecule has 1 rings (SSSR count). The van der Waals surface area contributed by atoms with Crippen LogP contribution >= 0.6 is 23.2 Å². The number of rotatable bonds is 1. The molecule has 0 fully saturated rings. The van der Waals surface area contributed by atoms with Gasteiger partial charge in [0, 0.05) is 6.20 Å². The van der Waals surface area contributed by atoms with Gasteiger partial charge in [0.2, 0.25) is 0 Å². The molecule has 0 saturated carbocycles. The van der Waals surface area contributed by atoms with E-state index in [0.29, 0.717) is 0 Å². The lowest BCUT2D eigenvalue weighted by atomic mass is 10.3. The molecule has 0 aliphatic heterocycles. The lowest BCUT2D eigenvalue weighted by Gasteiger charge is -2.11. The van der Waals surface area contributed by atoms with E-state index < -0.39 is 22.8 Å². The molecular formula is C7HCl2F3N2O. The van der Waals surface area contributed by atoms with Gasteiger partial charge in [0.05, 0.1) is 5.02 Å². The predicted molar refractivity (Wildman–Crippen MR) is 45.7 cm³/mol. The first-order chi connectivity index (χ1) is 6.85. The van der Waals surface area contributed by atoms with Crippen LogP contribution in [0.4, 0.5) is 13.2 Å². The Morgan fingerprint density at radius 2 is 2.00 bits per heavy atom. The molecule has 3 nitrogen and oxygen atoms in total. The number of halogens is 5. The van der Waals surface area contributed by atoms with Gasteiger partial charge in [-0.2, -0.15) is 5.26 Å². The number of alkyl halides is 3. The minimum absolute atomic E-state index is 0.263. The summed E-state index contributed by atoms with van der Waals surface area (Å²) in [6, 6.07) is 1.45. The van der Waals surface area contributed by atoms with E-state index >= 15 is 0 Å². The van der Waals surface area contributed by atoms with Gasteiger partial charge < -0.3 is 4.74 Å². The first-order valence-electron chi connectivity index (χ1n) is 3.35. The monoisotopic (exact) mass is 256 g/mol. The Labute approximate surface area is 92.0 Å². The standard InChI is InChI=1S/C7HCl2F3N2O/c8-4-2-14-6(9)5(3(4)1-13)15-7(10,11)12/h2H. The molecule has 0 unspecified atom stereocenters. The minimum Gasteiger partial charge on any atom is -0.401 e. The van der Waals surface area contributed by atoms with Crippen molar-refractivity contribution in [2.24, 2.45) is 0 Å².